The summed E-state index contributed by atoms with van der Waals surface area (Å²) in [7, 11) is -1.14. The highest BCUT2D eigenvalue weighted by Crippen LogP contribution is 2.34. The maximum atomic E-state index is 12.7. The highest BCUT2D eigenvalue weighted by atomic mass is 32.2. The molecule has 2 rings (SSSR count). The van der Waals surface area contributed by atoms with E-state index in [9.17, 15) is 37.1 Å². The van der Waals surface area contributed by atoms with Crippen molar-refractivity contribution in [2.24, 2.45) is 0 Å². The van der Waals surface area contributed by atoms with Crippen molar-refractivity contribution in [1.82, 2.24) is 0 Å². The Balaban J connectivity index is 2.14. The van der Waals surface area contributed by atoms with Crippen LogP contribution in [0, 0.1) is 10.1 Å². The average molecular weight is 431 g/mol. The van der Waals surface area contributed by atoms with Gasteiger partial charge in [-0.15, -0.1) is 0 Å². The number of nitro benzene ring substituents is 1. The summed E-state index contributed by atoms with van der Waals surface area (Å²) in [5.74, 6) is -2.48. The van der Waals surface area contributed by atoms with Crippen LogP contribution >= 0.6 is 0 Å². The second-order valence-corrected chi connectivity index (χ2v) is 6.84. The van der Waals surface area contributed by atoms with E-state index in [-0.39, 0.29) is 17.4 Å². The number of nitrogens with zero attached hydrogens (tertiary/aromatic N) is 1. The number of carbonyl (C=O) groups excluding carboxylic acids is 2. The number of benzene rings is 2. The van der Waals surface area contributed by atoms with Gasteiger partial charge in [0.2, 0.25) is 0 Å². The van der Waals surface area contributed by atoms with Crippen LogP contribution in [0.3, 0.4) is 0 Å². The van der Waals surface area contributed by atoms with Gasteiger partial charge < -0.3 is 9.47 Å². The Morgan fingerprint density at radius 3 is 2.28 bits per heavy atom. The fraction of sp³-hybridized carbons (Fsp3) is 0.176. The molecule has 0 saturated carbocycles. The third kappa shape index (κ3) is 5.60. The zero-order chi connectivity index (χ0) is 21.8. The second kappa shape index (κ2) is 8.82. The van der Waals surface area contributed by atoms with E-state index in [1.807, 2.05) is 0 Å². The minimum atomic E-state index is -4.82. The molecular formula is C17H12F3NO7S. The van der Waals surface area contributed by atoms with Crippen LogP contribution in [0.4, 0.5) is 18.9 Å². The van der Waals surface area contributed by atoms with Gasteiger partial charge in [0, 0.05) is 6.07 Å². The molecule has 0 aliphatic rings. The quantitative estimate of drug-likeness (QED) is 0.299. The molecule has 0 bridgehead atoms. The zero-order valence-corrected chi connectivity index (χ0v) is 15.4. The summed E-state index contributed by atoms with van der Waals surface area (Å²) in [5.41, 5.74) is -2.11. The average Bonchev–Trinajstić information content (AvgIpc) is 2.66. The molecule has 0 radical (unpaired) electrons. The summed E-state index contributed by atoms with van der Waals surface area (Å²) in [5, 5.41) is 11.0. The number of carbonyl (C=O) groups is 2. The van der Waals surface area contributed by atoms with E-state index in [0.29, 0.717) is 12.1 Å². The van der Waals surface area contributed by atoms with Crippen LogP contribution in [0.15, 0.2) is 47.4 Å². The van der Waals surface area contributed by atoms with Gasteiger partial charge in [-0.05, 0) is 36.4 Å². The molecule has 154 valence electrons. The van der Waals surface area contributed by atoms with Gasteiger partial charge in [0.25, 0.3) is 5.69 Å². The fourth-order valence-corrected chi connectivity index (χ4v) is 3.17. The molecule has 0 N–H and O–H groups in total. The fourth-order valence-electron chi connectivity index (χ4n) is 2.15. The molecule has 0 aliphatic carbocycles. The number of hydrogen-bond acceptors (Lipinski definition) is 7. The normalized spacial score (nSPS) is 12.1. The molecular weight excluding hydrogens is 419 g/mol. The van der Waals surface area contributed by atoms with Gasteiger partial charge in [0.15, 0.2) is 0 Å². The Labute approximate surface area is 163 Å². The zero-order valence-electron chi connectivity index (χ0n) is 14.6. The summed E-state index contributed by atoms with van der Waals surface area (Å²) in [6.45, 7) is 0. The Morgan fingerprint density at radius 1 is 1.14 bits per heavy atom. The number of rotatable bonds is 6. The van der Waals surface area contributed by atoms with Gasteiger partial charge in [0.1, 0.15) is 16.4 Å². The largest absolute Gasteiger partial charge is 0.465 e. The van der Waals surface area contributed by atoms with Crippen molar-refractivity contribution in [2.75, 3.05) is 12.9 Å². The number of alkyl halides is 3. The van der Waals surface area contributed by atoms with Crippen molar-refractivity contribution in [2.45, 2.75) is 11.1 Å². The molecule has 2 aromatic carbocycles. The summed E-state index contributed by atoms with van der Waals surface area (Å²) in [6.07, 6.45) is -4.82. The van der Waals surface area contributed by atoms with Gasteiger partial charge in [-0.3, -0.25) is 19.1 Å². The molecule has 0 aliphatic heterocycles. The van der Waals surface area contributed by atoms with E-state index in [0.717, 1.165) is 0 Å². The van der Waals surface area contributed by atoms with Crippen LogP contribution in [-0.2, 0) is 26.5 Å². The molecule has 0 heterocycles. The van der Waals surface area contributed by atoms with Gasteiger partial charge in [-0.2, -0.15) is 13.2 Å². The molecule has 0 unspecified atom stereocenters. The third-order valence-corrected chi connectivity index (χ3v) is 4.82. The van der Waals surface area contributed by atoms with Gasteiger partial charge in [-0.1, -0.05) is 0 Å². The topological polar surface area (TPSA) is 113 Å². The summed E-state index contributed by atoms with van der Waals surface area (Å²) < 4.78 is 59.9. The van der Waals surface area contributed by atoms with E-state index in [1.54, 1.807) is 0 Å². The van der Waals surface area contributed by atoms with Gasteiger partial charge in [0.05, 0.1) is 34.0 Å². The van der Waals surface area contributed by atoms with Gasteiger partial charge >= 0.3 is 18.1 Å². The van der Waals surface area contributed by atoms with Crippen molar-refractivity contribution in [3.8, 4) is 5.75 Å². The first-order valence-electron chi connectivity index (χ1n) is 7.66. The molecule has 29 heavy (non-hydrogen) atoms. The second-order valence-electron chi connectivity index (χ2n) is 5.42. The van der Waals surface area contributed by atoms with Crippen molar-refractivity contribution in [1.29, 1.82) is 0 Å². The molecule has 12 heteroatoms. The number of nitro groups is 1. The number of ether oxygens (including phenoxy) is 2. The predicted octanol–water partition coefficient (Wildman–Crippen LogP) is 3.11. The molecule has 0 fully saturated rings. The van der Waals surface area contributed by atoms with E-state index >= 15 is 0 Å². The standard InChI is InChI=1S/C17H12F3NO7S/c1-27-16(23)10-2-5-12(6-3-10)28-15(22)9-29(26)14-7-4-11(17(18,19)20)8-13(14)21(24)25/h2-8H,9H2,1H3/t29-/m0/s1. The predicted molar refractivity (Wildman–Crippen MR) is 92.8 cm³/mol. The van der Waals surface area contributed by atoms with Crippen molar-refractivity contribution in [3.05, 3.63) is 63.7 Å². The van der Waals surface area contributed by atoms with Crippen LogP contribution in [0.1, 0.15) is 15.9 Å². The van der Waals surface area contributed by atoms with E-state index in [4.69, 9.17) is 4.74 Å². The molecule has 0 saturated heterocycles. The van der Waals surface area contributed by atoms with Crippen LogP contribution < -0.4 is 4.74 Å². The summed E-state index contributed by atoms with van der Waals surface area (Å²) >= 11 is 0. The molecule has 0 amide bonds. The monoisotopic (exact) mass is 431 g/mol. The number of hydrogen-bond donors (Lipinski definition) is 0. The van der Waals surface area contributed by atoms with E-state index < -0.39 is 55.7 Å². The van der Waals surface area contributed by atoms with E-state index in [1.165, 1.54) is 31.4 Å². The first-order chi connectivity index (χ1) is 13.5. The lowest BCUT2D eigenvalue weighted by Gasteiger charge is -2.09. The third-order valence-electron chi connectivity index (χ3n) is 3.48. The highest BCUT2D eigenvalue weighted by Gasteiger charge is 2.34. The Hall–Kier alpha value is -3.28. The molecule has 2 aromatic rings. The van der Waals surface area contributed by atoms with Crippen molar-refractivity contribution in [3.63, 3.8) is 0 Å². The maximum absolute atomic E-state index is 12.7. The molecule has 1 atom stereocenters. The minimum Gasteiger partial charge on any atom is -0.465 e. The number of esters is 2. The van der Waals surface area contributed by atoms with E-state index in [2.05, 4.69) is 4.74 Å². The molecule has 0 aromatic heterocycles. The van der Waals surface area contributed by atoms with Crippen LogP contribution in [0.2, 0.25) is 0 Å². The van der Waals surface area contributed by atoms with Gasteiger partial charge in [-0.25, -0.2) is 4.79 Å². The smallest absolute Gasteiger partial charge is 0.416 e. The van der Waals surface area contributed by atoms with Crippen LogP contribution in [0.5, 0.6) is 5.75 Å². The lowest BCUT2D eigenvalue weighted by molar-refractivity contribution is -0.388. The number of halogens is 3. The van der Waals surface area contributed by atoms with Crippen LogP contribution in [0.25, 0.3) is 0 Å². The summed E-state index contributed by atoms with van der Waals surface area (Å²) in [6, 6.07) is 6.65. The number of methoxy groups -OCH3 is 1. The minimum absolute atomic E-state index is 0.00146. The first-order valence-corrected chi connectivity index (χ1v) is 8.98. The lowest BCUT2D eigenvalue weighted by Crippen LogP contribution is -2.18. The Kier molecular flexibility index (Phi) is 6.69. The Morgan fingerprint density at radius 2 is 1.76 bits per heavy atom. The lowest BCUT2D eigenvalue weighted by atomic mass is 10.2. The summed E-state index contributed by atoms with van der Waals surface area (Å²) in [4.78, 5) is 32.6. The highest BCUT2D eigenvalue weighted by molar-refractivity contribution is 7.85. The van der Waals surface area contributed by atoms with Crippen LogP contribution in [-0.4, -0.2) is 33.9 Å². The van der Waals surface area contributed by atoms with Crippen molar-refractivity contribution < 1.29 is 41.4 Å². The Bertz CT molecular complexity index is 974. The maximum Gasteiger partial charge on any atom is 0.416 e. The SMILES string of the molecule is COC(=O)c1ccc(OC(=O)C[S@](=O)c2ccc(C(F)(F)F)cc2[N+](=O)[O-])cc1. The molecule has 8 nitrogen and oxygen atoms in total. The molecule has 0 spiro atoms. The first kappa shape index (κ1) is 22.0. The van der Waals surface area contributed by atoms with Crippen molar-refractivity contribution >= 4 is 28.4 Å².